The lowest BCUT2D eigenvalue weighted by Crippen LogP contribution is -2.35. The van der Waals surface area contributed by atoms with E-state index in [4.69, 9.17) is 14.9 Å². The van der Waals surface area contributed by atoms with Gasteiger partial charge in [-0.3, -0.25) is 10.2 Å². The molecule has 1 N–H and O–H groups in total. The third-order valence-corrected chi connectivity index (χ3v) is 9.16. The molecule has 0 spiro atoms. The fraction of sp³-hybridized carbons (Fsp3) is 0.257. The topological polar surface area (TPSA) is 92.3 Å². The molecule has 1 saturated carbocycles. The second kappa shape index (κ2) is 12.5. The number of hydrogen-bond donors (Lipinski definition) is 1. The second-order valence-electron chi connectivity index (χ2n) is 11.2. The van der Waals surface area contributed by atoms with E-state index in [2.05, 4.69) is 45.0 Å². The molecule has 0 atom stereocenters. The molecule has 44 heavy (non-hydrogen) atoms. The Morgan fingerprint density at radius 2 is 1.66 bits per heavy atom. The Morgan fingerprint density at radius 3 is 2.48 bits per heavy atom. The molecule has 1 aliphatic carbocycles. The Balaban J connectivity index is 1.05. The molecule has 0 unspecified atom stereocenters. The van der Waals surface area contributed by atoms with Crippen LogP contribution in [-0.2, 0) is 11.3 Å². The van der Waals surface area contributed by atoms with Crippen LogP contribution >= 0.6 is 11.8 Å². The molecule has 7 rings (SSSR count). The minimum atomic E-state index is -0.453. The van der Waals surface area contributed by atoms with E-state index in [1.54, 1.807) is 6.08 Å². The van der Waals surface area contributed by atoms with Crippen molar-refractivity contribution in [2.24, 2.45) is 10.1 Å². The average molecular weight is 604 g/mol. The van der Waals surface area contributed by atoms with Crippen molar-refractivity contribution in [2.45, 2.75) is 44.6 Å². The number of hydrogen-bond acceptors (Lipinski definition) is 6. The predicted octanol–water partition coefficient (Wildman–Crippen LogP) is 7.47. The van der Waals surface area contributed by atoms with E-state index in [1.807, 2.05) is 54.7 Å². The van der Waals surface area contributed by atoms with Crippen LogP contribution in [0, 0.1) is 5.41 Å². The number of amidine groups is 2. The van der Waals surface area contributed by atoms with Crippen LogP contribution < -0.4 is 9.47 Å². The number of nitrogens with one attached hydrogen (secondary N) is 1. The highest BCUT2D eigenvalue weighted by atomic mass is 32.2. The summed E-state index contributed by atoms with van der Waals surface area (Å²) in [6.45, 7) is 1.37. The number of amides is 1. The van der Waals surface area contributed by atoms with Crippen LogP contribution in [0.1, 0.15) is 49.1 Å². The number of rotatable bonds is 9. The number of thioether (sulfide) groups is 1. The van der Waals surface area contributed by atoms with Gasteiger partial charge in [-0.25, -0.2) is 0 Å². The van der Waals surface area contributed by atoms with Gasteiger partial charge in [0, 0.05) is 22.7 Å². The standard InChI is InChI=1S/C35H33N5O3S/c36-33-30(34(41)37-35-40(33)38-32(44-35)23-43-27-11-5-2-6-12-27)21-26-22-39(31-14-8-7-13-29(26)31)19-20-42-28-17-15-25(16-18-28)24-9-3-1-4-10-24/h2,5-8,11-18,21-22,24,36H,1,3-4,9-10,19-20,23H2/b30-21-,36-33?. The van der Waals surface area contributed by atoms with Crippen LogP contribution in [0.25, 0.3) is 17.0 Å². The number of hydrazone groups is 1. The third kappa shape index (κ3) is 5.92. The number of fused-ring (bicyclic) bond motifs is 2. The summed E-state index contributed by atoms with van der Waals surface area (Å²) in [5, 5.41) is 16.7. The number of carbonyl (C=O) groups is 1. The van der Waals surface area contributed by atoms with Gasteiger partial charge in [0.15, 0.2) is 5.84 Å². The summed E-state index contributed by atoms with van der Waals surface area (Å²) < 4.78 is 14.1. The fourth-order valence-electron chi connectivity index (χ4n) is 6.02. The molecule has 9 heteroatoms. The van der Waals surface area contributed by atoms with Crippen molar-refractivity contribution in [1.29, 1.82) is 5.41 Å². The number of para-hydroxylation sites is 2. The maximum Gasteiger partial charge on any atom is 0.283 e. The van der Waals surface area contributed by atoms with Crippen molar-refractivity contribution in [3.8, 4) is 11.5 Å². The van der Waals surface area contributed by atoms with Gasteiger partial charge in [0.1, 0.15) is 29.8 Å². The van der Waals surface area contributed by atoms with E-state index in [0.29, 0.717) is 29.3 Å². The normalized spacial score (nSPS) is 18.0. The lowest BCUT2D eigenvalue weighted by atomic mass is 9.84. The van der Waals surface area contributed by atoms with Gasteiger partial charge in [-0.05, 0) is 72.5 Å². The number of aromatic nitrogens is 1. The summed E-state index contributed by atoms with van der Waals surface area (Å²) in [6, 6.07) is 26.1. The van der Waals surface area contributed by atoms with Crippen molar-refractivity contribution in [3.63, 3.8) is 0 Å². The molecular weight excluding hydrogens is 570 g/mol. The van der Waals surface area contributed by atoms with Crippen LogP contribution in [0.2, 0.25) is 0 Å². The molecule has 222 valence electrons. The Labute approximate surface area is 260 Å². The van der Waals surface area contributed by atoms with Crippen molar-refractivity contribution in [1.82, 2.24) is 9.58 Å². The molecule has 1 fully saturated rings. The van der Waals surface area contributed by atoms with E-state index in [0.717, 1.165) is 28.0 Å². The number of carbonyl (C=O) groups excluding carboxylic acids is 1. The number of benzene rings is 3. The van der Waals surface area contributed by atoms with Gasteiger partial charge in [-0.2, -0.15) is 15.1 Å². The minimum Gasteiger partial charge on any atom is -0.492 e. The maximum absolute atomic E-state index is 13.1. The lowest BCUT2D eigenvalue weighted by molar-refractivity contribution is -0.114. The first-order valence-electron chi connectivity index (χ1n) is 15.1. The van der Waals surface area contributed by atoms with Crippen LogP contribution in [0.3, 0.4) is 0 Å². The molecule has 0 saturated heterocycles. The quantitative estimate of drug-likeness (QED) is 0.201. The minimum absolute atomic E-state index is 0.000880. The summed E-state index contributed by atoms with van der Waals surface area (Å²) in [5.41, 5.74) is 3.48. The van der Waals surface area contributed by atoms with E-state index >= 15 is 0 Å². The van der Waals surface area contributed by atoms with Gasteiger partial charge in [0.25, 0.3) is 5.91 Å². The van der Waals surface area contributed by atoms with Crippen molar-refractivity contribution in [3.05, 3.63) is 102 Å². The zero-order valence-electron chi connectivity index (χ0n) is 24.3. The van der Waals surface area contributed by atoms with Crippen LogP contribution in [0.4, 0.5) is 0 Å². The highest BCUT2D eigenvalue weighted by molar-refractivity contribution is 8.27. The Kier molecular flexibility index (Phi) is 8.02. The van der Waals surface area contributed by atoms with Gasteiger partial charge < -0.3 is 14.0 Å². The van der Waals surface area contributed by atoms with Crippen molar-refractivity contribution >= 4 is 50.7 Å². The van der Waals surface area contributed by atoms with Gasteiger partial charge >= 0.3 is 0 Å². The average Bonchev–Trinajstić information content (AvgIpc) is 3.64. The summed E-state index contributed by atoms with van der Waals surface area (Å²) in [6.07, 6.45) is 10.3. The smallest absolute Gasteiger partial charge is 0.283 e. The van der Waals surface area contributed by atoms with E-state index < -0.39 is 5.91 Å². The maximum atomic E-state index is 13.1. The highest BCUT2D eigenvalue weighted by Gasteiger charge is 2.36. The van der Waals surface area contributed by atoms with Gasteiger partial charge in [-0.1, -0.05) is 67.8 Å². The number of ether oxygens (including phenoxy) is 2. The van der Waals surface area contributed by atoms with E-state index in [1.165, 1.54) is 54.4 Å². The summed E-state index contributed by atoms with van der Waals surface area (Å²) in [7, 11) is 0. The molecule has 1 amide bonds. The number of nitrogens with zero attached hydrogens (tertiary/aromatic N) is 4. The lowest BCUT2D eigenvalue weighted by Gasteiger charge is -2.22. The molecule has 3 aliphatic rings. The second-order valence-corrected chi connectivity index (χ2v) is 12.2. The summed E-state index contributed by atoms with van der Waals surface area (Å²) in [5.74, 6) is 1.82. The predicted molar refractivity (Wildman–Crippen MR) is 177 cm³/mol. The molecular formula is C35H33N5O3S. The number of aliphatic imine (C=N–C) groups is 1. The fourth-order valence-corrected chi connectivity index (χ4v) is 6.81. The Morgan fingerprint density at radius 1 is 0.909 bits per heavy atom. The zero-order valence-corrected chi connectivity index (χ0v) is 25.1. The Hall–Kier alpha value is -4.63. The first-order chi connectivity index (χ1) is 21.6. The first kappa shape index (κ1) is 28.2. The van der Waals surface area contributed by atoms with Gasteiger partial charge in [0.05, 0.1) is 12.1 Å². The SMILES string of the molecule is N=C1/C(=C/c2cn(CCOc3ccc(C4CCCCC4)cc3)c3ccccc23)C(=O)N=C2SC(COc3ccccc3)=NN12. The molecule has 4 aromatic rings. The van der Waals surface area contributed by atoms with Gasteiger partial charge in [-0.15, -0.1) is 0 Å². The highest BCUT2D eigenvalue weighted by Crippen LogP contribution is 2.34. The summed E-state index contributed by atoms with van der Waals surface area (Å²) in [4.78, 5) is 17.3. The van der Waals surface area contributed by atoms with Crippen molar-refractivity contribution < 1.29 is 14.3 Å². The molecule has 3 heterocycles. The molecule has 3 aromatic carbocycles. The van der Waals surface area contributed by atoms with E-state index in [9.17, 15) is 4.79 Å². The molecule has 0 bridgehead atoms. The Bertz CT molecular complexity index is 1790. The molecule has 8 nitrogen and oxygen atoms in total. The van der Waals surface area contributed by atoms with Crippen molar-refractivity contribution in [2.75, 3.05) is 13.2 Å². The largest absolute Gasteiger partial charge is 0.492 e. The molecule has 0 radical (unpaired) electrons. The molecule has 1 aromatic heterocycles. The van der Waals surface area contributed by atoms with Crippen LogP contribution in [-0.4, -0.2) is 44.7 Å². The summed E-state index contributed by atoms with van der Waals surface area (Å²) >= 11 is 1.25. The third-order valence-electron chi connectivity index (χ3n) is 8.28. The van der Waals surface area contributed by atoms with Crippen LogP contribution in [0.15, 0.2) is 101 Å². The van der Waals surface area contributed by atoms with E-state index in [-0.39, 0.29) is 18.0 Å². The monoisotopic (exact) mass is 603 g/mol. The van der Waals surface area contributed by atoms with Gasteiger partial charge in [0.2, 0.25) is 5.17 Å². The molecule has 2 aliphatic heterocycles. The zero-order chi connectivity index (χ0) is 29.9. The first-order valence-corrected chi connectivity index (χ1v) is 15.9. The van der Waals surface area contributed by atoms with Crippen LogP contribution in [0.5, 0.6) is 11.5 Å².